The van der Waals surface area contributed by atoms with Crippen LogP contribution >= 0.6 is 0 Å². The van der Waals surface area contributed by atoms with Crippen LogP contribution in [0.2, 0.25) is 0 Å². The smallest absolute Gasteiger partial charge is 0.207 e. The summed E-state index contributed by atoms with van der Waals surface area (Å²) in [6.07, 6.45) is 11.0. The van der Waals surface area contributed by atoms with Gasteiger partial charge < -0.3 is 9.88 Å². The minimum absolute atomic E-state index is 0.605. The Morgan fingerprint density at radius 1 is 1.22 bits per heavy atom. The first kappa shape index (κ1) is 11.3. The fourth-order valence-corrected chi connectivity index (χ4v) is 2.56. The predicted molar refractivity (Wildman–Crippen MR) is 72.0 cm³/mol. The van der Waals surface area contributed by atoms with Crippen LogP contribution in [-0.2, 0) is 0 Å². The van der Waals surface area contributed by atoms with Crippen molar-refractivity contribution in [2.45, 2.75) is 38.6 Å². The van der Waals surface area contributed by atoms with Crippen molar-refractivity contribution in [3.63, 3.8) is 0 Å². The topological polar surface area (TPSA) is 42.7 Å². The van der Waals surface area contributed by atoms with Crippen molar-refractivity contribution in [1.82, 2.24) is 14.5 Å². The van der Waals surface area contributed by atoms with E-state index in [0.717, 1.165) is 17.3 Å². The Kier molecular flexibility index (Phi) is 3.00. The number of hydrogen-bond acceptors (Lipinski definition) is 3. The largest absolute Gasteiger partial charge is 0.324 e. The summed E-state index contributed by atoms with van der Waals surface area (Å²) in [5, 5.41) is 3.35. The van der Waals surface area contributed by atoms with Crippen molar-refractivity contribution in [3.8, 4) is 0 Å². The van der Waals surface area contributed by atoms with E-state index in [4.69, 9.17) is 0 Å². The Labute approximate surface area is 107 Å². The van der Waals surface area contributed by atoms with Crippen molar-refractivity contribution in [1.29, 1.82) is 0 Å². The molecule has 94 valence electrons. The van der Waals surface area contributed by atoms with Crippen LogP contribution in [0.5, 0.6) is 0 Å². The van der Waals surface area contributed by atoms with Crippen molar-refractivity contribution < 1.29 is 0 Å². The van der Waals surface area contributed by atoms with Gasteiger partial charge in [-0.15, -0.1) is 0 Å². The van der Waals surface area contributed by atoms with E-state index >= 15 is 0 Å². The molecule has 0 aromatic carbocycles. The van der Waals surface area contributed by atoms with E-state index in [1.165, 1.54) is 25.7 Å². The van der Waals surface area contributed by atoms with Crippen molar-refractivity contribution in [3.05, 3.63) is 36.4 Å². The number of nitrogens with zero attached hydrogens (tertiary/aromatic N) is 3. The van der Waals surface area contributed by atoms with E-state index < -0.39 is 0 Å². The first-order chi connectivity index (χ1) is 8.83. The van der Waals surface area contributed by atoms with Gasteiger partial charge in [-0.05, 0) is 31.9 Å². The number of imidazole rings is 1. The van der Waals surface area contributed by atoms with Crippen LogP contribution in [-0.4, -0.2) is 14.5 Å². The number of nitrogens with one attached hydrogen (secondary N) is 1. The van der Waals surface area contributed by atoms with E-state index in [9.17, 15) is 0 Å². The van der Waals surface area contributed by atoms with Crippen LogP contribution < -0.4 is 5.32 Å². The van der Waals surface area contributed by atoms with Crippen LogP contribution in [0.4, 0.5) is 11.6 Å². The zero-order chi connectivity index (χ0) is 12.4. The van der Waals surface area contributed by atoms with Gasteiger partial charge >= 0.3 is 0 Å². The SMILES string of the molecule is Cc1ccc(Nc2nccn2C2CCCC2)cn1. The Balaban J connectivity index is 1.80. The highest BCUT2D eigenvalue weighted by Crippen LogP contribution is 2.32. The number of rotatable bonds is 3. The third-order valence-electron chi connectivity index (χ3n) is 3.55. The van der Waals surface area contributed by atoms with Crippen LogP contribution in [0.1, 0.15) is 37.4 Å². The maximum Gasteiger partial charge on any atom is 0.207 e. The van der Waals surface area contributed by atoms with Crippen LogP contribution in [0.3, 0.4) is 0 Å². The summed E-state index contributed by atoms with van der Waals surface area (Å²) in [5.74, 6) is 0.924. The lowest BCUT2D eigenvalue weighted by molar-refractivity contribution is 0.525. The molecule has 1 N–H and O–H groups in total. The second kappa shape index (κ2) is 4.80. The van der Waals surface area contributed by atoms with Gasteiger partial charge in [0.15, 0.2) is 0 Å². The molecule has 0 spiro atoms. The molecule has 1 aliphatic rings. The number of pyridine rings is 1. The number of anilines is 2. The van der Waals surface area contributed by atoms with Gasteiger partial charge in [0.25, 0.3) is 0 Å². The van der Waals surface area contributed by atoms with E-state index in [2.05, 4.69) is 26.0 Å². The first-order valence-electron chi connectivity index (χ1n) is 6.55. The van der Waals surface area contributed by atoms with Crippen LogP contribution in [0.15, 0.2) is 30.7 Å². The third-order valence-corrected chi connectivity index (χ3v) is 3.55. The Morgan fingerprint density at radius 2 is 2.06 bits per heavy atom. The van der Waals surface area contributed by atoms with Gasteiger partial charge in [-0.3, -0.25) is 4.98 Å². The van der Waals surface area contributed by atoms with Crippen LogP contribution in [0.25, 0.3) is 0 Å². The highest BCUT2D eigenvalue weighted by Gasteiger charge is 2.19. The monoisotopic (exact) mass is 242 g/mol. The lowest BCUT2D eigenvalue weighted by Gasteiger charge is -2.15. The molecule has 2 aromatic rings. The molecule has 2 aromatic heterocycles. The third kappa shape index (κ3) is 2.23. The lowest BCUT2D eigenvalue weighted by atomic mass is 10.2. The number of hydrogen-bond donors (Lipinski definition) is 1. The van der Waals surface area contributed by atoms with Gasteiger partial charge in [0.2, 0.25) is 5.95 Å². The Hall–Kier alpha value is -1.84. The van der Waals surface area contributed by atoms with E-state index in [-0.39, 0.29) is 0 Å². The quantitative estimate of drug-likeness (QED) is 0.896. The number of aryl methyl sites for hydroxylation is 1. The summed E-state index contributed by atoms with van der Waals surface area (Å²) in [7, 11) is 0. The van der Waals surface area contributed by atoms with E-state index in [0.29, 0.717) is 6.04 Å². The molecule has 4 heteroatoms. The first-order valence-corrected chi connectivity index (χ1v) is 6.55. The molecular formula is C14H18N4. The summed E-state index contributed by atoms with van der Waals surface area (Å²) in [6.45, 7) is 1.99. The van der Waals surface area contributed by atoms with Gasteiger partial charge in [-0.2, -0.15) is 0 Å². The zero-order valence-corrected chi connectivity index (χ0v) is 10.6. The molecule has 4 nitrogen and oxygen atoms in total. The minimum Gasteiger partial charge on any atom is -0.324 e. The zero-order valence-electron chi connectivity index (χ0n) is 10.6. The van der Waals surface area contributed by atoms with Crippen molar-refractivity contribution >= 4 is 11.6 Å². The van der Waals surface area contributed by atoms with E-state index in [1.807, 2.05) is 31.5 Å². The number of aromatic nitrogens is 3. The molecule has 0 saturated heterocycles. The van der Waals surface area contributed by atoms with Crippen molar-refractivity contribution in [2.75, 3.05) is 5.32 Å². The summed E-state index contributed by atoms with van der Waals surface area (Å²) in [5.41, 5.74) is 2.02. The molecule has 0 aliphatic heterocycles. The fraction of sp³-hybridized carbons (Fsp3) is 0.429. The summed E-state index contributed by atoms with van der Waals surface area (Å²) in [6, 6.07) is 4.65. The highest BCUT2D eigenvalue weighted by molar-refractivity contribution is 5.52. The molecule has 1 fully saturated rings. The summed E-state index contributed by atoms with van der Waals surface area (Å²) >= 11 is 0. The minimum atomic E-state index is 0.605. The molecule has 0 unspecified atom stereocenters. The molecule has 18 heavy (non-hydrogen) atoms. The standard InChI is InChI=1S/C14H18N4/c1-11-6-7-12(10-16-11)17-14-15-8-9-18(14)13-4-2-3-5-13/h6-10,13H,2-5H2,1H3,(H,15,17). The summed E-state index contributed by atoms with van der Waals surface area (Å²) in [4.78, 5) is 8.69. The molecule has 0 radical (unpaired) electrons. The molecule has 2 heterocycles. The Bertz CT molecular complexity index is 509. The predicted octanol–water partition coefficient (Wildman–Crippen LogP) is 3.45. The lowest BCUT2D eigenvalue weighted by Crippen LogP contribution is -2.08. The maximum atomic E-state index is 4.40. The molecule has 3 rings (SSSR count). The average Bonchev–Trinajstić information content (AvgIpc) is 3.02. The normalized spacial score (nSPS) is 16.1. The average molecular weight is 242 g/mol. The molecule has 0 atom stereocenters. The van der Waals surface area contributed by atoms with Gasteiger partial charge in [-0.1, -0.05) is 12.8 Å². The van der Waals surface area contributed by atoms with Gasteiger partial charge in [-0.25, -0.2) is 4.98 Å². The van der Waals surface area contributed by atoms with Gasteiger partial charge in [0.05, 0.1) is 11.9 Å². The summed E-state index contributed by atoms with van der Waals surface area (Å²) < 4.78 is 2.26. The highest BCUT2D eigenvalue weighted by atomic mass is 15.2. The van der Waals surface area contributed by atoms with Gasteiger partial charge in [0, 0.05) is 24.1 Å². The fourth-order valence-electron chi connectivity index (χ4n) is 2.56. The molecule has 0 amide bonds. The van der Waals surface area contributed by atoms with E-state index in [1.54, 1.807) is 0 Å². The second-order valence-corrected chi connectivity index (χ2v) is 4.91. The van der Waals surface area contributed by atoms with Crippen molar-refractivity contribution in [2.24, 2.45) is 0 Å². The van der Waals surface area contributed by atoms with Crippen LogP contribution in [0, 0.1) is 6.92 Å². The molecule has 1 aliphatic carbocycles. The maximum absolute atomic E-state index is 4.40. The molecule has 0 bridgehead atoms. The molecular weight excluding hydrogens is 224 g/mol. The Morgan fingerprint density at radius 3 is 2.78 bits per heavy atom. The molecule has 1 saturated carbocycles. The second-order valence-electron chi connectivity index (χ2n) is 4.91. The van der Waals surface area contributed by atoms with Gasteiger partial charge in [0.1, 0.15) is 0 Å².